The van der Waals surface area contributed by atoms with Crippen molar-refractivity contribution in [1.29, 1.82) is 0 Å². The molecule has 35 valence electrons. The van der Waals surface area contributed by atoms with Crippen LogP contribution in [-0.2, 0) is 9.69 Å². The molecule has 1 rings (SSSR count). The van der Waals surface area contributed by atoms with Crippen LogP contribution in [-0.4, -0.2) is 14.1 Å². The Morgan fingerprint density at radius 2 is 2.33 bits per heavy atom. The Balaban J connectivity index is 0.000000250. The van der Waals surface area contributed by atoms with Crippen molar-refractivity contribution in [1.82, 2.24) is 0 Å². The maximum atomic E-state index is 4.39. The van der Waals surface area contributed by atoms with E-state index < -0.39 is 0 Å². The molecule has 0 amide bonds. The van der Waals surface area contributed by atoms with Crippen LogP contribution >= 0.6 is 12.4 Å². The summed E-state index contributed by atoms with van der Waals surface area (Å²) in [4.78, 5) is 8.71. The van der Waals surface area contributed by atoms with Gasteiger partial charge in [0.05, 0.1) is 6.61 Å². The molecule has 2 nitrogen and oxygen atoms in total. The van der Waals surface area contributed by atoms with Gasteiger partial charge in [0.25, 0.3) is 0 Å². The van der Waals surface area contributed by atoms with Gasteiger partial charge >= 0.3 is 7.48 Å². The van der Waals surface area contributed by atoms with E-state index in [2.05, 4.69) is 9.69 Å². The lowest BCUT2D eigenvalue weighted by Gasteiger charge is -1.79. The smallest absolute Gasteiger partial charge is 0.311 e. The van der Waals surface area contributed by atoms with Gasteiger partial charge in [-0.15, -0.1) is 12.4 Å². The molecule has 0 aromatic rings. The molecular weight excluding hydrogens is 102 g/mol. The molecule has 0 aromatic carbocycles. The Bertz CT molecular complexity index is 23.1. The molecule has 0 aliphatic carbocycles. The molecule has 0 spiro atoms. The summed E-state index contributed by atoms with van der Waals surface area (Å²) in [6, 6.07) is 0. The summed E-state index contributed by atoms with van der Waals surface area (Å²) in [7, 11) is 1.64. The maximum Gasteiger partial charge on any atom is 0.346 e. The first-order valence-corrected chi connectivity index (χ1v) is 1.60. The van der Waals surface area contributed by atoms with Gasteiger partial charge in [-0.2, -0.15) is 0 Å². The van der Waals surface area contributed by atoms with E-state index in [0.29, 0.717) is 0 Å². The van der Waals surface area contributed by atoms with Crippen molar-refractivity contribution in [2.75, 3.05) is 6.61 Å². The predicted octanol–water partition coefficient (Wildman–Crippen LogP) is 0.407. The molecule has 0 N–H and O–H groups in total. The van der Waals surface area contributed by atoms with Gasteiger partial charge in [0.15, 0.2) is 0 Å². The van der Waals surface area contributed by atoms with E-state index in [1.165, 1.54) is 0 Å². The van der Waals surface area contributed by atoms with E-state index in [4.69, 9.17) is 0 Å². The van der Waals surface area contributed by atoms with Gasteiger partial charge in [-0.25, -0.2) is 0 Å². The van der Waals surface area contributed by atoms with Gasteiger partial charge in [-0.1, -0.05) is 0 Å². The lowest BCUT2D eigenvalue weighted by Crippen LogP contribution is -1.78. The second-order valence-corrected chi connectivity index (χ2v) is 0.874. The summed E-state index contributed by atoms with van der Waals surface area (Å²) in [5.74, 6) is 0. The van der Waals surface area contributed by atoms with Crippen LogP contribution in [0.1, 0.15) is 0 Å². The number of rotatable bonds is 0. The van der Waals surface area contributed by atoms with Crippen LogP contribution < -0.4 is 0 Å². The van der Waals surface area contributed by atoms with Crippen molar-refractivity contribution >= 4 is 19.9 Å². The minimum Gasteiger partial charge on any atom is -0.311 e. The van der Waals surface area contributed by atoms with Crippen molar-refractivity contribution in [2.24, 2.45) is 0 Å². The molecule has 0 saturated carbocycles. The molecule has 0 unspecified atom stereocenters. The molecule has 1 aliphatic heterocycles. The second-order valence-electron chi connectivity index (χ2n) is 0.874. The Morgan fingerprint density at radius 1 is 1.50 bits per heavy atom. The number of hydrogen-bond acceptors (Lipinski definition) is 2. The summed E-state index contributed by atoms with van der Waals surface area (Å²) in [5.41, 5.74) is 0. The highest BCUT2D eigenvalue weighted by atomic mass is 35.5. The number of halogens is 1. The molecule has 0 atom stereocenters. The molecule has 1 saturated heterocycles. The Kier molecular flexibility index (Phi) is 3.62. The lowest BCUT2D eigenvalue weighted by molar-refractivity contribution is -0.181. The van der Waals surface area contributed by atoms with E-state index in [1.54, 1.807) is 7.48 Å². The van der Waals surface area contributed by atoms with Crippen LogP contribution in [0.5, 0.6) is 0 Å². The third-order valence-corrected chi connectivity index (χ3v) is 0.455. The Labute approximate surface area is 43.4 Å². The van der Waals surface area contributed by atoms with E-state index in [1.807, 2.05) is 0 Å². The molecule has 6 heavy (non-hydrogen) atoms. The monoisotopic (exact) mass is 107 g/mol. The molecule has 1 aliphatic rings. The van der Waals surface area contributed by atoms with Crippen LogP contribution in [0.15, 0.2) is 0 Å². The van der Waals surface area contributed by atoms with Gasteiger partial charge in [-0.05, 0) is 6.32 Å². The standard InChI is InChI=1S/C2H4BO2.ClH/c1-2-4-5-3-1;/h1-2H2;1H. The fraction of sp³-hybridized carbons (Fsp3) is 1.00. The summed E-state index contributed by atoms with van der Waals surface area (Å²) in [6.07, 6.45) is 0.931. The van der Waals surface area contributed by atoms with Gasteiger partial charge in [0, 0.05) is 0 Å². The van der Waals surface area contributed by atoms with E-state index in [0.717, 1.165) is 12.9 Å². The highest BCUT2D eigenvalue weighted by molar-refractivity contribution is 6.27. The molecule has 1 fully saturated rings. The molecule has 0 aromatic heterocycles. The topological polar surface area (TPSA) is 18.5 Å². The Hall–Kier alpha value is 0.275. The molecule has 4 heteroatoms. The van der Waals surface area contributed by atoms with Crippen LogP contribution in [0.2, 0.25) is 6.32 Å². The van der Waals surface area contributed by atoms with Crippen molar-refractivity contribution in [3.05, 3.63) is 0 Å². The van der Waals surface area contributed by atoms with Crippen molar-refractivity contribution in [3.8, 4) is 0 Å². The summed E-state index contributed by atoms with van der Waals surface area (Å²) in [5, 5.41) is 0. The first-order chi connectivity index (χ1) is 2.50. The minimum absolute atomic E-state index is 0. The van der Waals surface area contributed by atoms with Crippen molar-refractivity contribution in [2.45, 2.75) is 6.32 Å². The molecule has 0 bridgehead atoms. The van der Waals surface area contributed by atoms with E-state index >= 15 is 0 Å². The first-order valence-electron chi connectivity index (χ1n) is 1.60. The summed E-state index contributed by atoms with van der Waals surface area (Å²) >= 11 is 0. The van der Waals surface area contributed by atoms with Crippen LogP contribution in [0.25, 0.3) is 0 Å². The molecule has 1 heterocycles. The average molecular weight is 107 g/mol. The Morgan fingerprint density at radius 3 is 2.50 bits per heavy atom. The predicted molar refractivity (Wildman–Crippen MR) is 24.8 cm³/mol. The SMILES string of the molecule is Cl.[B]1CCOO1. The highest BCUT2D eigenvalue weighted by Gasteiger charge is 2.00. The summed E-state index contributed by atoms with van der Waals surface area (Å²) in [6.45, 7) is 0.722. The van der Waals surface area contributed by atoms with Gasteiger partial charge < -0.3 is 4.81 Å². The minimum atomic E-state index is 0. The third-order valence-electron chi connectivity index (χ3n) is 0.455. The fourth-order valence-corrected chi connectivity index (χ4v) is 0.241. The third kappa shape index (κ3) is 1.65. The summed E-state index contributed by atoms with van der Waals surface area (Å²) < 4.78 is 0. The fourth-order valence-electron chi connectivity index (χ4n) is 0.241. The number of hydrogen-bond donors (Lipinski definition) is 0. The van der Waals surface area contributed by atoms with Crippen LogP contribution in [0.3, 0.4) is 0 Å². The van der Waals surface area contributed by atoms with Crippen LogP contribution in [0, 0.1) is 0 Å². The average Bonchev–Trinajstić information content (AvgIpc) is 1.76. The van der Waals surface area contributed by atoms with Crippen molar-refractivity contribution < 1.29 is 9.69 Å². The van der Waals surface area contributed by atoms with E-state index in [9.17, 15) is 0 Å². The van der Waals surface area contributed by atoms with Gasteiger partial charge in [0.2, 0.25) is 0 Å². The lowest BCUT2D eigenvalue weighted by atomic mass is 9.99. The normalized spacial score (nSPS) is 18.7. The maximum absolute atomic E-state index is 4.39. The van der Waals surface area contributed by atoms with Crippen LogP contribution in [0.4, 0.5) is 0 Å². The van der Waals surface area contributed by atoms with Gasteiger partial charge in [-0.3, -0.25) is 4.89 Å². The zero-order valence-electron chi connectivity index (χ0n) is 3.22. The zero-order chi connectivity index (χ0) is 3.54. The molecule has 1 radical (unpaired) electrons. The second kappa shape index (κ2) is 3.46. The largest absolute Gasteiger partial charge is 0.346 e. The van der Waals surface area contributed by atoms with E-state index in [-0.39, 0.29) is 12.4 Å². The highest BCUT2D eigenvalue weighted by Crippen LogP contribution is 1.91. The molecular formula is C2H5BClO2. The quantitative estimate of drug-likeness (QED) is 0.330. The first kappa shape index (κ1) is 6.27. The zero-order valence-corrected chi connectivity index (χ0v) is 4.03. The van der Waals surface area contributed by atoms with Crippen molar-refractivity contribution in [3.63, 3.8) is 0 Å². The van der Waals surface area contributed by atoms with Gasteiger partial charge in [0.1, 0.15) is 0 Å².